The number of ether oxygens (including phenoxy) is 1. The number of hydrazone groups is 1. The smallest absolute Gasteiger partial charge is 0.277 e. The van der Waals surface area contributed by atoms with E-state index in [0.29, 0.717) is 5.75 Å². The summed E-state index contributed by atoms with van der Waals surface area (Å²) in [5.74, 6) is 0.0625. The molecule has 0 spiro atoms. The molecule has 1 aliphatic rings. The largest absolute Gasteiger partial charge is 0.484 e. The van der Waals surface area contributed by atoms with Crippen molar-refractivity contribution in [1.82, 2.24) is 5.43 Å². The molecule has 0 bridgehead atoms. The van der Waals surface area contributed by atoms with Gasteiger partial charge in [0, 0.05) is 17.8 Å². The van der Waals surface area contributed by atoms with Gasteiger partial charge in [0.2, 0.25) is 0 Å². The molecule has 0 unspecified atom stereocenters. The fraction of sp³-hybridized carbons (Fsp3) is 0.429. The van der Waals surface area contributed by atoms with E-state index in [-0.39, 0.29) is 18.2 Å². The maximum atomic E-state index is 11.6. The van der Waals surface area contributed by atoms with Gasteiger partial charge in [0.1, 0.15) is 5.75 Å². The highest BCUT2D eigenvalue weighted by atomic mass is 16.6. The predicted molar refractivity (Wildman–Crippen MR) is 77.3 cm³/mol. The molecule has 112 valence electrons. The maximum Gasteiger partial charge on any atom is 0.277 e. The molecule has 1 fully saturated rings. The first kappa shape index (κ1) is 15.0. The third kappa shape index (κ3) is 4.87. The summed E-state index contributed by atoms with van der Waals surface area (Å²) in [7, 11) is 0. The Labute approximate surface area is 122 Å². The van der Waals surface area contributed by atoms with Gasteiger partial charge in [-0.3, -0.25) is 14.9 Å². The molecule has 1 amide bonds. The van der Waals surface area contributed by atoms with E-state index in [1.165, 1.54) is 30.7 Å². The molecule has 0 saturated heterocycles. The Balaban J connectivity index is 1.76. The highest BCUT2D eigenvalue weighted by Gasteiger charge is 2.09. The predicted octanol–water partition coefficient (Wildman–Crippen LogP) is 2.41. The number of benzene rings is 1. The number of amides is 1. The van der Waals surface area contributed by atoms with E-state index in [1.807, 2.05) is 0 Å². The Morgan fingerprint density at radius 3 is 2.52 bits per heavy atom. The molecule has 1 aromatic carbocycles. The summed E-state index contributed by atoms with van der Waals surface area (Å²) in [4.78, 5) is 21.6. The van der Waals surface area contributed by atoms with Crippen molar-refractivity contribution in [3.05, 3.63) is 34.4 Å². The van der Waals surface area contributed by atoms with E-state index in [0.717, 1.165) is 31.4 Å². The van der Waals surface area contributed by atoms with Crippen molar-refractivity contribution >= 4 is 17.3 Å². The van der Waals surface area contributed by atoms with Crippen molar-refractivity contribution in [2.24, 2.45) is 5.10 Å². The Kier molecular flexibility index (Phi) is 5.25. The Hall–Kier alpha value is -2.44. The van der Waals surface area contributed by atoms with Gasteiger partial charge in [-0.1, -0.05) is 6.42 Å². The molecule has 0 atom stereocenters. The number of rotatable bonds is 5. The van der Waals surface area contributed by atoms with Crippen LogP contribution < -0.4 is 10.2 Å². The summed E-state index contributed by atoms with van der Waals surface area (Å²) in [6.45, 7) is -0.172. The summed E-state index contributed by atoms with van der Waals surface area (Å²) in [6, 6.07) is 5.57. The van der Waals surface area contributed by atoms with Crippen molar-refractivity contribution in [1.29, 1.82) is 0 Å². The van der Waals surface area contributed by atoms with Crippen molar-refractivity contribution < 1.29 is 14.5 Å². The van der Waals surface area contributed by atoms with Crippen LogP contribution in [0.25, 0.3) is 0 Å². The van der Waals surface area contributed by atoms with Gasteiger partial charge in [-0.2, -0.15) is 5.10 Å². The molecule has 1 N–H and O–H groups in total. The summed E-state index contributed by atoms with van der Waals surface area (Å²) in [5.41, 5.74) is 3.47. The molecule has 7 nitrogen and oxygen atoms in total. The number of nitrogens with zero attached hydrogens (tertiary/aromatic N) is 2. The maximum absolute atomic E-state index is 11.6. The molecule has 0 heterocycles. The third-order valence-electron chi connectivity index (χ3n) is 3.19. The fourth-order valence-electron chi connectivity index (χ4n) is 2.06. The number of non-ortho nitro benzene ring substituents is 1. The van der Waals surface area contributed by atoms with Crippen LogP contribution >= 0.6 is 0 Å². The molecule has 7 heteroatoms. The lowest BCUT2D eigenvalue weighted by molar-refractivity contribution is -0.384. The number of carbonyl (C=O) groups is 1. The normalized spacial score (nSPS) is 14.4. The first-order chi connectivity index (χ1) is 10.1. The molecular weight excluding hydrogens is 274 g/mol. The van der Waals surface area contributed by atoms with Crippen LogP contribution in [-0.4, -0.2) is 23.1 Å². The molecule has 0 aromatic heterocycles. The van der Waals surface area contributed by atoms with E-state index in [9.17, 15) is 14.9 Å². The number of hydrogen-bond donors (Lipinski definition) is 1. The highest BCUT2D eigenvalue weighted by Crippen LogP contribution is 2.17. The fourth-order valence-corrected chi connectivity index (χ4v) is 2.06. The van der Waals surface area contributed by atoms with Gasteiger partial charge >= 0.3 is 0 Å². The Bertz CT molecular complexity index is 532. The summed E-state index contributed by atoms with van der Waals surface area (Å²) in [5, 5.41) is 14.6. The second-order valence-electron chi connectivity index (χ2n) is 4.81. The second-order valence-corrected chi connectivity index (χ2v) is 4.81. The molecular formula is C14H17N3O4. The Morgan fingerprint density at radius 1 is 1.24 bits per heavy atom. The SMILES string of the molecule is O=C(COc1ccc([N+](=O)[O-])cc1)NN=C1CCCCC1. The molecule has 1 aromatic rings. The van der Waals surface area contributed by atoms with Crippen LogP contribution in [0.2, 0.25) is 0 Å². The topological polar surface area (TPSA) is 93.8 Å². The molecule has 1 aliphatic carbocycles. The van der Waals surface area contributed by atoms with Crippen molar-refractivity contribution in [3.8, 4) is 5.75 Å². The first-order valence-corrected chi connectivity index (χ1v) is 6.86. The molecule has 0 aliphatic heterocycles. The van der Waals surface area contributed by atoms with Crippen LogP contribution in [-0.2, 0) is 4.79 Å². The van der Waals surface area contributed by atoms with Crippen LogP contribution in [0.1, 0.15) is 32.1 Å². The molecule has 1 saturated carbocycles. The van der Waals surface area contributed by atoms with E-state index in [2.05, 4.69) is 10.5 Å². The minimum atomic E-state index is -0.489. The average molecular weight is 291 g/mol. The zero-order valence-electron chi connectivity index (χ0n) is 11.6. The first-order valence-electron chi connectivity index (χ1n) is 6.86. The summed E-state index contributed by atoms with van der Waals surface area (Å²) in [6.07, 6.45) is 5.32. The molecule has 2 rings (SSSR count). The van der Waals surface area contributed by atoms with Gasteiger partial charge in [0.05, 0.1) is 4.92 Å². The summed E-state index contributed by atoms with van der Waals surface area (Å²) >= 11 is 0. The second kappa shape index (κ2) is 7.37. The lowest BCUT2D eigenvalue weighted by Gasteiger charge is -2.12. The van der Waals surface area contributed by atoms with E-state index in [1.54, 1.807) is 0 Å². The lowest BCUT2D eigenvalue weighted by Crippen LogP contribution is -2.26. The van der Waals surface area contributed by atoms with Crippen LogP contribution in [0.4, 0.5) is 5.69 Å². The molecule has 21 heavy (non-hydrogen) atoms. The van der Waals surface area contributed by atoms with Gasteiger partial charge in [0.25, 0.3) is 11.6 Å². The Morgan fingerprint density at radius 2 is 1.90 bits per heavy atom. The van der Waals surface area contributed by atoms with E-state index < -0.39 is 4.92 Å². The number of nitro benzene ring substituents is 1. The minimum absolute atomic E-state index is 0.0181. The monoisotopic (exact) mass is 291 g/mol. The zero-order valence-corrected chi connectivity index (χ0v) is 11.6. The number of nitrogens with one attached hydrogen (secondary N) is 1. The minimum Gasteiger partial charge on any atom is -0.484 e. The summed E-state index contributed by atoms with van der Waals surface area (Å²) < 4.78 is 5.24. The highest BCUT2D eigenvalue weighted by molar-refractivity contribution is 5.87. The average Bonchev–Trinajstić information content (AvgIpc) is 2.52. The van der Waals surface area contributed by atoms with Gasteiger partial charge in [-0.25, -0.2) is 5.43 Å². The number of carbonyl (C=O) groups excluding carboxylic acids is 1. The van der Waals surface area contributed by atoms with Crippen LogP contribution in [0.3, 0.4) is 0 Å². The number of nitro groups is 1. The standard InChI is InChI=1S/C14H17N3O4/c18-14(16-15-11-4-2-1-3-5-11)10-21-13-8-6-12(7-9-13)17(19)20/h6-9H,1-5,10H2,(H,16,18). The van der Waals surface area contributed by atoms with Crippen LogP contribution in [0, 0.1) is 10.1 Å². The quantitative estimate of drug-likeness (QED) is 0.665. The number of hydrogen-bond acceptors (Lipinski definition) is 5. The van der Waals surface area contributed by atoms with Gasteiger partial charge in [-0.05, 0) is 37.8 Å². The van der Waals surface area contributed by atoms with Gasteiger partial charge < -0.3 is 4.74 Å². The zero-order chi connectivity index (χ0) is 15.1. The van der Waals surface area contributed by atoms with Crippen LogP contribution in [0.15, 0.2) is 29.4 Å². The molecule has 0 radical (unpaired) electrons. The van der Waals surface area contributed by atoms with Crippen molar-refractivity contribution in [3.63, 3.8) is 0 Å². The van der Waals surface area contributed by atoms with Gasteiger partial charge in [-0.15, -0.1) is 0 Å². The van der Waals surface area contributed by atoms with Crippen LogP contribution in [0.5, 0.6) is 5.75 Å². The van der Waals surface area contributed by atoms with Gasteiger partial charge in [0.15, 0.2) is 6.61 Å². The van der Waals surface area contributed by atoms with Crippen molar-refractivity contribution in [2.75, 3.05) is 6.61 Å². The van der Waals surface area contributed by atoms with E-state index >= 15 is 0 Å². The van der Waals surface area contributed by atoms with Crippen molar-refractivity contribution in [2.45, 2.75) is 32.1 Å². The van der Waals surface area contributed by atoms with E-state index in [4.69, 9.17) is 4.74 Å². The third-order valence-corrected chi connectivity index (χ3v) is 3.19. The lowest BCUT2D eigenvalue weighted by atomic mass is 9.99.